The van der Waals surface area contributed by atoms with Crippen LogP contribution in [0.4, 0.5) is 0 Å². The Labute approximate surface area is 141 Å². The molecular weight excluding hydrogens is 304 g/mol. The highest BCUT2D eigenvalue weighted by Gasteiger charge is 2.27. The lowest BCUT2D eigenvalue weighted by molar-refractivity contribution is -0.127. The van der Waals surface area contributed by atoms with Crippen LogP contribution in [-0.2, 0) is 24.9 Å². The first-order valence-corrected chi connectivity index (χ1v) is 8.69. The fourth-order valence-corrected chi connectivity index (χ4v) is 3.86. The van der Waals surface area contributed by atoms with E-state index in [2.05, 4.69) is 32.0 Å². The van der Waals surface area contributed by atoms with Crippen LogP contribution < -0.4 is 0 Å². The molecule has 2 aliphatic rings. The fraction of sp³-hybridized carbons (Fsp3) is 0.588. The monoisotopic (exact) mass is 328 g/mol. The first-order valence-electron chi connectivity index (χ1n) is 8.69. The molecule has 2 aromatic rings. The Morgan fingerprint density at radius 1 is 1.33 bits per heavy atom. The van der Waals surface area contributed by atoms with Crippen LogP contribution >= 0.6 is 0 Å². The summed E-state index contributed by atoms with van der Waals surface area (Å²) in [7, 11) is 1.95. The number of fused-ring (bicyclic) bond motifs is 1. The van der Waals surface area contributed by atoms with E-state index in [-0.39, 0.29) is 0 Å². The molecule has 1 saturated heterocycles. The molecule has 0 spiro atoms. The average Bonchev–Trinajstić information content (AvgIpc) is 3.27. The fourth-order valence-electron chi connectivity index (χ4n) is 3.86. The zero-order chi connectivity index (χ0) is 16.5. The van der Waals surface area contributed by atoms with Gasteiger partial charge in [-0.1, -0.05) is 0 Å². The first kappa shape index (κ1) is 15.4. The second-order valence-electron chi connectivity index (χ2n) is 6.89. The molecule has 2 aliphatic heterocycles. The third-order valence-corrected chi connectivity index (χ3v) is 5.02. The highest BCUT2D eigenvalue weighted by molar-refractivity contribution is 5.77. The van der Waals surface area contributed by atoms with Crippen molar-refractivity contribution in [1.29, 1.82) is 0 Å². The smallest absolute Gasteiger partial charge is 0.222 e. The van der Waals surface area contributed by atoms with E-state index in [1.54, 1.807) is 0 Å². The van der Waals surface area contributed by atoms with Crippen molar-refractivity contribution in [3.8, 4) is 0 Å². The van der Waals surface area contributed by atoms with Gasteiger partial charge in [-0.2, -0.15) is 10.2 Å². The molecular formula is C17H24N6O. The van der Waals surface area contributed by atoms with E-state index in [0.29, 0.717) is 18.4 Å². The van der Waals surface area contributed by atoms with E-state index in [1.807, 2.05) is 29.0 Å². The van der Waals surface area contributed by atoms with Gasteiger partial charge in [0.15, 0.2) is 0 Å². The lowest BCUT2D eigenvalue weighted by atomic mass is 10.1. The van der Waals surface area contributed by atoms with Crippen molar-refractivity contribution >= 4 is 5.91 Å². The summed E-state index contributed by atoms with van der Waals surface area (Å²) in [6.45, 7) is 4.53. The van der Waals surface area contributed by atoms with E-state index >= 15 is 0 Å². The topological polar surface area (TPSA) is 59.2 Å². The van der Waals surface area contributed by atoms with Crippen molar-refractivity contribution in [2.45, 2.75) is 38.4 Å². The van der Waals surface area contributed by atoms with Gasteiger partial charge < -0.3 is 4.90 Å². The molecule has 0 radical (unpaired) electrons. The maximum absolute atomic E-state index is 11.8. The van der Waals surface area contributed by atoms with Gasteiger partial charge in [0, 0.05) is 64.1 Å². The van der Waals surface area contributed by atoms with Gasteiger partial charge in [0.05, 0.1) is 17.9 Å². The number of aromatic nitrogens is 4. The largest absolute Gasteiger partial charge is 0.343 e. The summed E-state index contributed by atoms with van der Waals surface area (Å²) in [6, 6.07) is 2.43. The molecule has 2 aromatic heterocycles. The zero-order valence-corrected chi connectivity index (χ0v) is 14.1. The molecule has 0 saturated carbocycles. The Morgan fingerprint density at radius 3 is 3.00 bits per heavy atom. The number of nitrogens with zero attached hydrogens (tertiary/aromatic N) is 6. The standard InChI is InChI=1S/C17H24N6O/c1-20-10-14(9-19-20)11-21-12-15-4-6-18-23(15)16(13-21)5-8-22-7-2-3-17(22)24/h4,6,9-10,16H,2-3,5,7-8,11-13H2,1H3. The molecule has 1 fully saturated rings. The Balaban J connectivity index is 1.43. The van der Waals surface area contributed by atoms with Crippen molar-refractivity contribution in [2.24, 2.45) is 7.05 Å². The molecule has 24 heavy (non-hydrogen) atoms. The summed E-state index contributed by atoms with van der Waals surface area (Å²) >= 11 is 0. The maximum Gasteiger partial charge on any atom is 0.222 e. The SMILES string of the molecule is Cn1cc(CN2Cc3ccnn3C(CCN3CCCC3=O)C2)cn1. The van der Waals surface area contributed by atoms with Gasteiger partial charge in [0.25, 0.3) is 0 Å². The summed E-state index contributed by atoms with van der Waals surface area (Å²) in [5.74, 6) is 0.304. The lowest BCUT2D eigenvalue weighted by Crippen LogP contribution is -2.39. The van der Waals surface area contributed by atoms with Crippen LogP contribution in [-0.4, -0.2) is 54.9 Å². The minimum absolute atomic E-state index is 0.304. The van der Waals surface area contributed by atoms with Crippen molar-refractivity contribution in [2.75, 3.05) is 19.6 Å². The van der Waals surface area contributed by atoms with Crippen molar-refractivity contribution in [1.82, 2.24) is 29.4 Å². The van der Waals surface area contributed by atoms with Crippen LogP contribution in [0.3, 0.4) is 0 Å². The molecule has 1 amide bonds. The minimum atomic E-state index is 0.304. The van der Waals surface area contributed by atoms with Gasteiger partial charge in [-0.05, 0) is 18.9 Å². The first-order chi connectivity index (χ1) is 11.7. The molecule has 7 heteroatoms. The number of rotatable bonds is 5. The molecule has 4 rings (SSSR count). The molecule has 0 bridgehead atoms. The van der Waals surface area contributed by atoms with E-state index in [4.69, 9.17) is 0 Å². The van der Waals surface area contributed by atoms with Gasteiger partial charge in [-0.25, -0.2) is 0 Å². The Morgan fingerprint density at radius 2 is 2.25 bits per heavy atom. The second kappa shape index (κ2) is 6.39. The molecule has 4 heterocycles. The highest BCUT2D eigenvalue weighted by atomic mass is 16.2. The molecule has 1 unspecified atom stereocenters. The number of carbonyl (C=O) groups excluding carboxylic acids is 1. The maximum atomic E-state index is 11.8. The molecule has 0 aliphatic carbocycles. The van der Waals surface area contributed by atoms with E-state index in [9.17, 15) is 4.79 Å². The van der Waals surface area contributed by atoms with E-state index in [1.165, 1.54) is 11.3 Å². The average molecular weight is 328 g/mol. The van der Waals surface area contributed by atoms with Crippen LogP contribution in [0.25, 0.3) is 0 Å². The van der Waals surface area contributed by atoms with Crippen LogP contribution in [0, 0.1) is 0 Å². The Kier molecular flexibility index (Phi) is 4.10. The summed E-state index contributed by atoms with van der Waals surface area (Å²) in [5.41, 5.74) is 2.49. The Hall–Kier alpha value is -2.15. The molecule has 1 atom stereocenters. The lowest BCUT2D eigenvalue weighted by Gasteiger charge is -2.34. The zero-order valence-electron chi connectivity index (χ0n) is 14.1. The number of likely N-dealkylation sites (tertiary alicyclic amines) is 1. The molecule has 128 valence electrons. The van der Waals surface area contributed by atoms with Crippen LogP contribution in [0.5, 0.6) is 0 Å². The minimum Gasteiger partial charge on any atom is -0.343 e. The van der Waals surface area contributed by atoms with Gasteiger partial charge in [-0.3, -0.25) is 19.1 Å². The van der Waals surface area contributed by atoms with Crippen LogP contribution in [0.1, 0.15) is 36.6 Å². The number of aryl methyl sites for hydroxylation is 1. The van der Waals surface area contributed by atoms with Gasteiger partial charge in [0.1, 0.15) is 0 Å². The van der Waals surface area contributed by atoms with Crippen LogP contribution in [0.15, 0.2) is 24.7 Å². The number of hydrogen-bond donors (Lipinski definition) is 0. The second-order valence-corrected chi connectivity index (χ2v) is 6.89. The highest BCUT2D eigenvalue weighted by Crippen LogP contribution is 2.25. The number of carbonyl (C=O) groups is 1. The van der Waals surface area contributed by atoms with E-state index in [0.717, 1.165) is 45.6 Å². The van der Waals surface area contributed by atoms with Crippen LogP contribution in [0.2, 0.25) is 0 Å². The van der Waals surface area contributed by atoms with Crippen molar-refractivity contribution < 1.29 is 4.79 Å². The predicted octanol–water partition coefficient (Wildman–Crippen LogP) is 1.19. The molecule has 0 aromatic carbocycles. The Bertz CT molecular complexity index is 720. The molecule has 7 nitrogen and oxygen atoms in total. The van der Waals surface area contributed by atoms with Gasteiger partial charge in [-0.15, -0.1) is 0 Å². The van der Waals surface area contributed by atoms with Gasteiger partial charge in [0.2, 0.25) is 5.91 Å². The summed E-state index contributed by atoms with van der Waals surface area (Å²) in [5, 5.41) is 8.78. The summed E-state index contributed by atoms with van der Waals surface area (Å²) in [6.07, 6.45) is 8.57. The summed E-state index contributed by atoms with van der Waals surface area (Å²) < 4.78 is 4.00. The normalized spacial score (nSPS) is 21.5. The van der Waals surface area contributed by atoms with Crippen molar-refractivity contribution in [3.05, 3.63) is 35.9 Å². The van der Waals surface area contributed by atoms with E-state index < -0.39 is 0 Å². The van der Waals surface area contributed by atoms with Crippen molar-refractivity contribution in [3.63, 3.8) is 0 Å². The number of amides is 1. The third-order valence-electron chi connectivity index (χ3n) is 5.02. The van der Waals surface area contributed by atoms with Gasteiger partial charge >= 0.3 is 0 Å². The summed E-state index contributed by atoms with van der Waals surface area (Å²) in [4.78, 5) is 16.3. The molecule has 0 N–H and O–H groups in total. The third kappa shape index (κ3) is 3.08. The number of hydrogen-bond acceptors (Lipinski definition) is 4. The quantitative estimate of drug-likeness (QED) is 0.827. The predicted molar refractivity (Wildman–Crippen MR) is 89.0 cm³/mol.